The van der Waals surface area contributed by atoms with Gasteiger partial charge in [0.05, 0.1) is 12.7 Å². The molecule has 0 radical (unpaired) electrons. The first-order valence-corrected chi connectivity index (χ1v) is 8.35. The van der Waals surface area contributed by atoms with Crippen molar-refractivity contribution < 1.29 is 4.74 Å². The Kier molecular flexibility index (Phi) is 6.05. The molecule has 116 valence electrons. The first kappa shape index (κ1) is 16.3. The highest BCUT2D eigenvalue weighted by Gasteiger charge is 2.21. The minimum atomic E-state index is 0.228. The second kappa shape index (κ2) is 7.79. The molecule has 1 aliphatic carbocycles. The van der Waals surface area contributed by atoms with Gasteiger partial charge in [-0.15, -0.1) is 0 Å². The monoisotopic (exact) mass is 286 g/mol. The summed E-state index contributed by atoms with van der Waals surface area (Å²) in [5.41, 5.74) is 7.47. The summed E-state index contributed by atoms with van der Waals surface area (Å²) in [5, 5.41) is 0. The molecule has 0 aromatic carbocycles. The van der Waals surface area contributed by atoms with Crippen LogP contribution in [0.25, 0.3) is 0 Å². The van der Waals surface area contributed by atoms with Crippen LogP contribution in [-0.4, -0.2) is 12.7 Å². The fourth-order valence-electron chi connectivity index (χ4n) is 3.13. The first-order valence-electron chi connectivity index (χ1n) is 8.35. The van der Waals surface area contributed by atoms with Gasteiger partial charge in [-0.3, -0.25) is 0 Å². The van der Waals surface area contributed by atoms with E-state index in [4.69, 9.17) is 4.74 Å². The van der Waals surface area contributed by atoms with Crippen molar-refractivity contribution in [2.24, 2.45) is 0 Å². The standard InChI is InChI=1S/C20H30O/c1-15-7-5-9-16(2)11-12-19-18(4)14-21-20(19)13-17(3)10-6-8-15/h8-9,13,20H,5-7,10-12,14H2,1-4H3/b15-8+,16-9+,17-13+/t20-/m0/s1. The lowest BCUT2D eigenvalue weighted by atomic mass is 9.95. The minimum absolute atomic E-state index is 0.228. The fraction of sp³-hybridized carbons (Fsp3) is 0.600. The van der Waals surface area contributed by atoms with Gasteiger partial charge in [0.1, 0.15) is 0 Å². The van der Waals surface area contributed by atoms with Crippen molar-refractivity contribution in [1.29, 1.82) is 0 Å². The SMILES string of the molecule is CC1=C2CC/C(C)=C/CC/C(C)=C/CC/C(C)=C/[C@@H]2OC1. The zero-order valence-corrected chi connectivity index (χ0v) is 14.2. The molecule has 0 spiro atoms. The number of hydrogen-bond donors (Lipinski definition) is 0. The maximum atomic E-state index is 5.97. The lowest BCUT2D eigenvalue weighted by molar-refractivity contribution is 0.151. The smallest absolute Gasteiger partial charge is 0.0977 e. The Morgan fingerprint density at radius 1 is 0.810 bits per heavy atom. The van der Waals surface area contributed by atoms with E-state index in [1.54, 1.807) is 0 Å². The van der Waals surface area contributed by atoms with Crippen LogP contribution in [0.3, 0.4) is 0 Å². The van der Waals surface area contributed by atoms with E-state index in [-0.39, 0.29) is 6.10 Å². The summed E-state index contributed by atoms with van der Waals surface area (Å²) in [6.45, 7) is 9.82. The first-order chi connectivity index (χ1) is 10.1. The molecule has 1 heteroatoms. The number of ether oxygens (including phenoxy) is 1. The number of fused-ring (bicyclic) bond motifs is 1. The Morgan fingerprint density at radius 3 is 2.14 bits per heavy atom. The molecule has 2 rings (SSSR count). The molecular weight excluding hydrogens is 256 g/mol. The van der Waals surface area contributed by atoms with Gasteiger partial charge in [-0.05, 0) is 77.4 Å². The van der Waals surface area contributed by atoms with Crippen molar-refractivity contribution >= 4 is 0 Å². The Bertz CT molecular complexity index is 488. The van der Waals surface area contributed by atoms with Crippen LogP contribution in [-0.2, 0) is 4.74 Å². The maximum Gasteiger partial charge on any atom is 0.0977 e. The van der Waals surface area contributed by atoms with Crippen LogP contribution in [0.5, 0.6) is 0 Å². The van der Waals surface area contributed by atoms with Crippen molar-refractivity contribution in [3.8, 4) is 0 Å². The van der Waals surface area contributed by atoms with Crippen LogP contribution < -0.4 is 0 Å². The predicted octanol–water partition coefficient (Wildman–Crippen LogP) is 5.89. The molecule has 1 heterocycles. The number of rotatable bonds is 0. The van der Waals surface area contributed by atoms with E-state index < -0.39 is 0 Å². The molecular formula is C20H30O. The van der Waals surface area contributed by atoms with Crippen molar-refractivity contribution in [2.45, 2.75) is 72.3 Å². The second-order valence-corrected chi connectivity index (χ2v) is 6.73. The Hall–Kier alpha value is -1.08. The second-order valence-electron chi connectivity index (χ2n) is 6.73. The molecule has 0 unspecified atom stereocenters. The normalized spacial score (nSPS) is 33.1. The lowest BCUT2D eigenvalue weighted by Gasteiger charge is -2.13. The van der Waals surface area contributed by atoms with Crippen LogP contribution in [0.2, 0.25) is 0 Å². The zero-order valence-electron chi connectivity index (χ0n) is 14.2. The topological polar surface area (TPSA) is 9.23 Å². The molecule has 0 saturated carbocycles. The van der Waals surface area contributed by atoms with Crippen LogP contribution in [0.1, 0.15) is 66.2 Å². The van der Waals surface area contributed by atoms with E-state index in [1.807, 2.05) is 0 Å². The highest BCUT2D eigenvalue weighted by molar-refractivity contribution is 5.29. The highest BCUT2D eigenvalue weighted by Crippen LogP contribution is 2.29. The van der Waals surface area contributed by atoms with Crippen LogP contribution >= 0.6 is 0 Å². The molecule has 2 aliphatic rings. The summed E-state index contributed by atoms with van der Waals surface area (Å²) in [7, 11) is 0. The van der Waals surface area contributed by atoms with E-state index in [9.17, 15) is 0 Å². The maximum absolute atomic E-state index is 5.97. The fourth-order valence-corrected chi connectivity index (χ4v) is 3.13. The average molecular weight is 286 g/mol. The largest absolute Gasteiger partial charge is 0.365 e. The van der Waals surface area contributed by atoms with Gasteiger partial charge in [-0.1, -0.05) is 34.9 Å². The highest BCUT2D eigenvalue weighted by atomic mass is 16.5. The minimum Gasteiger partial charge on any atom is -0.365 e. The average Bonchev–Trinajstić information content (AvgIpc) is 2.76. The summed E-state index contributed by atoms with van der Waals surface area (Å²) < 4.78 is 5.97. The molecule has 0 saturated heterocycles. The van der Waals surface area contributed by atoms with Gasteiger partial charge in [0.15, 0.2) is 0 Å². The Morgan fingerprint density at radius 2 is 1.43 bits per heavy atom. The van der Waals surface area contributed by atoms with E-state index in [1.165, 1.54) is 47.1 Å². The Labute approximate surface area is 130 Å². The van der Waals surface area contributed by atoms with Crippen LogP contribution in [0.4, 0.5) is 0 Å². The van der Waals surface area contributed by atoms with Gasteiger partial charge < -0.3 is 4.74 Å². The van der Waals surface area contributed by atoms with Gasteiger partial charge in [-0.25, -0.2) is 0 Å². The molecule has 0 fully saturated rings. The van der Waals surface area contributed by atoms with Crippen molar-refractivity contribution in [2.75, 3.05) is 6.61 Å². The molecule has 1 atom stereocenters. The quantitative estimate of drug-likeness (QED) is 0.504. The van der Waals surface area contributed by atoms with Crippen LogP contribution in [0, 0.1) is 0 Å². The molecule has 0 aromatic heterocycles. The van der Waals surface area contributed by atoms with Crippen molar-refractivity contribution in [3.63, 3.8) is 0 Å². The summed E-state index contributed by atoms with van der Waals surface area (Å²) in [4.78, 5) is 0. The van der Waals surface area contributed by atoms with E-state index in [0.29, 0.717) is 0 Å². The zero-order chi connectivity index (χ0) is 15.2. The molecule has 0 aromatic rings. The van der Waals surface area contributed by atoms with E-state index >= 15 is 0 Å². The van der Waals surface area contributed by atoms with Crippen LogP contribution in [0.15, 0.2) is 46.1 Å². The van der Waals surface area contributed by atoms with E-state index in [0.717, 1.165) is 25.9 Å². The molecule has 1 aliphatic heterocycles. The summed E-state index contributed by atoms with van der Waals surface area (Å²) in [6, 6.07) is 0. The predicted molar refractivity (Wildman–Crippen MR) is 91.4 cm³/mol. The Balaban J connectivity index is 2.17. The third-order valence-corrected chi connectivity index (χ3v) is 4.66. The third kappa shape index (κ3) is 5.00. The summed E-state index contributed by atoms with van der Waals surface area (Å²) in [6.07, 6.45) is 14.4. The lowest BCUT2D eigenvalue weighted by Crippen LogP contribution is -2.08. The molecule has 0 N–H and O–H groups in total. The number of hydrogen-bond acceptors (Lipinski definition) is 1. The summed E-state index contributed by atoms with van der Waals surface area (Å²) >= 11 is 0. The summed E-state index contributed by atoms with van der Waals surface area (Å²) in [5.74, 6) is 0. The van der Waals surface area contributed by atoms with Crippen molar-refractivity contribution in [1.82, 2.24) is 0 Å². The molecule has 21 heavy (non-hydrogen) atoms. The number of allylic oxidation sites excluding steroid dienone is 5. The van der Waals surface area contributed by atoms with Gasteiger partial charge >= 0.3 is 0 Å². The van der Waals surface area contributed by atoms with Gasteiger partial charge in [0, 0.05) is 0 Å². The van der Waals surface area contributed by atoms with Crippen molar-refractivity contribution in [3.05, 3.63) is 46.1 Å². The van der Waals surface area contributed by atoms with Gasteiger partial charge in [0.25, 0.3) is 0 Å². The third-order valence-electron chi connectivity index (χ3n) is 4.66. The molecule has 1 nitrogen and oxygen atoms in total. The molecule has 0 amide bonds. The molecule has 0 bridgehead atoms. The van der Waals surface area contributed by atoms with Gasteiger partial charge in [0.2, 0.25) is 0 Å². The van der Waals surface area contributed by atoms with Gasteiger partial charge in [-0.2, -0.15) is 0 Å². The van der Waals surface area contributed by atoms with E-state index in [2.05, 4.69) is 45.9 Å².